The Morgan fingerprint density at radius 1 is 1.50 bits per heavy atom. The van der Waals surface area contributed by atoms with Crippen molar-refractivity contribution in [3.05, 3.63) is 29.8 Å². The van der Waals surface area contributed by atoms with Gasteiger partial charge in [0.1, 0.15) is 11.9 Å². The highest BCUT2D eigenvalue weighted by Gasteiger charge is 2.08. The van der Waals surface area contributed by atoms with Crippen molar-refractivity contribution < 1.29 is 9.84 Å². The Labute approximate surface area is 71.8 Å². The highest BCUT2D eigenvalue weighted by Crippen LogP contribution is 2.23. The van der Waals surface area contributed by atoms with Crippen molar-refractivity contribution in [2.24, 2.45) is 0 Å². The number of aliphatic hydroxyl groups is 1. The van der Waals surface area contributed by atoms with Gasteiger partial charge in [-0.2, -0.15) is 0 Å². The van der Waals surface area contributed by atoms with Crippen molar-refractivity contribution in [2.75, 3.05) is 7.11 Å². The van der Waals surface area contributed by atoms with Gasteiger partial charge in [-0.05, 0) is 6.07 Å². The lowest BCUT2D eigenvalue weighted by atomic mass is 10.1. The Morgan fingerprint density at radius 2 is 2.17 bits per heavy atom. The molecule has 1 aromatic carbocycles. The summed E-state index contributed by atoms with van der Waals surface area (Å²) in [6.07, 6.45) is 4.18. The van der Waals surface area contributed by atoms with Gasteiger partial charge >= 0.3 is 0 Å². The summed E-state index contributed by atoms with van der Waals surface area (Å²) >= 11 is 0. The lowest BCUT2D eigenvalue weighted by Crippen LogP contribution is -1.97. The minimum Gasteiger partial charge on any atom is -0.496 e. The van der Waals surface area contributed by atoms with Crippen LogP contribution in [0.1, 0.15) is 11.7 Å². The average molecular weight is 162 g/mol. The predicted molar refractivity (Wildman–Crippen MR) is 46.8 cm³/mol. The van der Waals surface area contributed by atoms with Crippen LogP contribution in [0.5, 0.6) is 5.75 Å². The third-order valence-corrected chi connectivity index (χ3v) is 1.59. The second-order valence-electron chi connectivity index (χ2n) is 2.31. The highest BCUT2D eigenvalue weighted by molar-refractivity contribution is 5.37. The maximum Gasteiger partial charge on any atom is 0.143 e. The molecule has 0 fully saturated rings. The van der Waals surface area contributed by atoms with Gasteiger partial charge in [-0.1, -0.05) is 24.1 Å². The molecule has 0 amide bonds. The molecule has 1 rings (SSSR count). The predicted octanol–water partition coefficient (Wildman–Crippen LogP) is 1.36. The van der Waals surface area contributed by atoms with Gasteiger partial charge in [0.25, 0.3) is 0 Å². The van der Waals surface area contributed by atoms with E-state index >= 15 is 0 Å². The topological polar surface area (TPSA) is 29.5 Å². The van der Waals surface area contributed by atoms with Crippen molar-refractivity contribution in [2.45, 2.75) is 6.10 Å². The summed E-state index contributed by atoms with van der Waals surface area (Å²) in [5.74, 6) is 2.85. The molecule has 1 aromatic rings. The molecule has 0 saturated heterocycles. The van der Waals surface area contributed by atoms with Gasteiger partial charge in [-0.25, -0.2) is 0 Å². The number of terminal acetylenes is 1. The molecule has 0 unspecified atom stereocenters. The van der Waals surface area contributed by atoms with Crippen LogP contribution in [0, 0.1) is 12.3 Å². The van der Waals surface area contributed by atoms with Gasteiger partial charge in [0.05, 0.1) is 7.11 Å². The third kappa shape index (κ3) is 1.58. The van der Waals surface area contributed by atoms with E-state index in [4.69, 9.17) is 11.2 Å². The van der Waals surface area contributed by atoms with Crippen LogP contribution in [0.25, 0.3) is 0 Å². The first kappa shape index (κ1) is 8.63. The van der Waals surface area contributed by atoms with E-state index in [0.717, 1.165) is 0 Å². The Hall–Kier alpha value is -1.46. The maximum atomic E-state index is 9.33. The van der Waals surface area contributed by atoms with E-state index in [1.54, 1.807) is 25.3 Å². The van der Waals surface area contributed by atoms with Gasteiger partial charge in [0.2, 0.25) is 0 Å². The fourth-order valence-corrected chi connectivity index (χ4v) is 0.982. The van der Waals surface area contributed by atoms with Crippen LogP contribution in [0.4, 0.5) is 0 Å². The van der Waals surface area contributed by atoms with Crippen LogP contribution < -0.4 is 4.74 Å². The molecule has 0 aliphatic rings. The lowest BCUT2D eigenvalue weighted by Gasteiger charge is -2.08. The van der Waals surface area contributed by atoms with Crippen LogP contribution >= 0.6 is 0 Å². The molecular weight excluding hydrogens is 152 g/mol. The number of aliphatic hydroxyl groups excluding tert-OH is 1. The molecule has 0 spiro atoms. The Balaban J connectivity index is 3.06. The normalized spacial score (nSPS) is 11.8. The first-order chi connectivity index (χ1) is 5.79. The number of benzene rings is 1. The zero-order valence-electron chi connectivity index (χ0n) is 6.82. The van der Waals surface area contributed by atoms with Crippen molar-refractivity contribution in [3.63, 3.8) is 0 Å². The fraction of sp³-hybridized carbons (Fsp3) is 0.200. The Morgan fingerprint density at radius 3 is 2.75 bits per heavy atom. The second-order valence-corrected chi connectivity index (χ2v) is 2.31. The quantitative estimate of drug-likeness (QED) is 0.665. The first-order valence-electron chi connectivity index (χ1n) is 3.56. The summed E-state index contributed by atoms with van der Waals surface area (Å²) in [5.41, 5.74) is 0.627. The summed E-state index contributed by atoms with van der Waals surface area (Å²) < 4.78 is 5.01. The standard InChI is InChI=1S/C10H10O2/c1-3-9(11)8-6-4-5-7-10(8)12-2/h1,4-7,9,11H,2H3/t9-/m0/s1. The van der Waals surface area contributed by atoms with E-state index < -0.39 is 6.10 Å². The lowest BCUT2D eigenvalue weighted by molar-refractivity contribution is 0.232. The first-order valence-corrected chi connectivity index (χ1v) is 3.56. The molecule has 2 heteroatoms. The van der Waals surface area contributed by atoms with Crippen LogP contribution in [0.15, 0.2) is 24.3 Å². The fourth-order valence-electron chi connectivity index (χ4n) is 0.982. The molecule has 62 valence electrons. The van der Waals surface area contributed by atoms with Crippen LogP contribution in [-0.2, 0) is 0 Å². The summed E-state index contributed by atoms with van der Waals surface area (Å²) in [5, 5.41) is 9.33. The molecule has 0 radical (unpaired) electrons. The van der Waals surface area contributed by atoms with Crippen molar-refractivity contribution in [1.29, 1.82) is 0 Å². The minimum absolute atomic E-state index is 0.614. The highest BCUT2D eigenvalue weighted by atomic mass is 16.5. The monoisotopic (exact) mass is 162 g/mol. The number of hydrogen-bond donors (Lipinski definition) is 1. The number of rotatable bonds is 2. The number of ether oxygens (including phenoxy) is 1. The third-order valence-electron chi connectivity index (χ3n) is 1.59. The molecule has 0 aliphatic heterocycles. The van der Waals surface area contributed by atoms with Crippen LogP contribution in [0.3, 0.4) is 0 Å². The van der Waals surface area contributed by atoms with E-state index in [2.05, 4.69) is 5.92 Å². The summed E-state index contributed by atoms with van der Waals surface area (Å²) in [6.45, 7) is 0. The van der Waals surface area contributed by atoms with Gasteiger partial charge in [0, 0.05) is 5.56 Å². The van der Waals surface area contributed by atoms with Gasteiger partial charge in [0.15, 0.2) is 0 Å². The second kappa shape index (κ2) is 3.80. The Kier molecular flexibility index (Phi) is 2.73. The van der Waals surface area contributed by atoms with E-state index in [-0.39, 0.29) is 0 Å². The summed E-state index contributed by atoms with van der Waals surface area (Å²) in [7, 11) is 1.54. The van der Waals surface area contributed by atoms with E-state index in [9.17, 15) is 5.11 Å². The van der Waals surface area contributed by atoms with Crippen molar-refractivity contribution in [3.8, 4) is 18.1 Å². The molecule has 0 aliphatic carbocycles. The molecule has 2 nitrogen and oxygen atoms in total. The molecule has 1 atom stereocenters. The van der Waals surface area contributed by atoms with Gasteiger partial charge in [-0.15, -0.1) is 6.42 Å². The minimum atomic E-state index is -0.888. The Bertz CT molecular complexity index is 299. The molecular formula is C10H10O2. The largest absolute Gasteiger partial charge is 0.496 e. The van der Waals surface area contributed by atoms with Crippen LogP contribution in [0.2, 0.25) is 0 Å². The van der Waals surface area contributed by atoms with Gasteiger partial charge in [-0.3, -0.25) is 0 Å². The van der Waals surface area contributed by atoms with E-state index in [1.807, 2.05) is 6.07 Å². The molecule has 0 saturated carbocycles. The number of methoxy groups -OCH3 is 1. The number of para-hydroxylation sites is 1. The molecule has 0 heterocycles. The summed E-state index contributed by atoms with van der Waals surface area (Å²) in [6, 6.07) is 7.13. The molecule has 0 bridgehead atoms. The van der Waals surface area contributed by atoms with E-state index in [1.165, 1.54) is 0 Å². The van der Waals surface area contributed by atoms with Crippen molar-refractivity contribution in [1.82, 2.24) is 0 Å². The average Bonchev–Trinajstić information content (AvgIpc) is 2.16. The zero-order valence-corrected chi connectivity index (χ0v) is 6.82. The number of hydrogen-bond acceptors (Lipinski definition) is 2. The van der Waals surface area contributed by atoms with Crippen molar-refractivity contribution >= 4 is 0 Å². The zero-order chi connectivity index (χ0) is 8.97. The SMILES string of the molecule is C#C[C@H](O)c1ccccc1OC. The maximum absolute atomic E-state index is 9.33. The van der Waals surface area contributed by atoms with Crippen LogP contribution in [-0.4, -0.2) is 12.2 Å². The molecule has 12 heavy (non-hydrogen) atoms. The summed E-state index contributed by atoms with van der Waals surface area (Å²) in [4.78, 5) is 0. The van der Waals surface area contributed by atoms with E-state index in [0.29, 0.717) is 11.3 Å². The smallest absolute Gasteiger partial charge is 0.143 e. The molecule has 0 aromatic heterocycles. The molecule has 1 N–H and O–H groups in total. The van der Waals surface area contributed by atoms with Gasteiger partial charge < -0.3 is 9.84 Å².